The zero-order valence-electron chi connectivity index (χ0n) is 11.7. The van der Waals surface area contributed by atoms with E-state index in [0.717, 1.165) is 37.1 Å². The van der Waals surface area contributed by atoms with Crippen molar-refractivity contribution in [2.24, 2.45) is 0 Å². The summed E-state index contributed by atoms with van der Waals surface area (Å²) in [5, 5.41) is 12.7. The van der Waals surface area contributed by atoms with Crippen molar-refractivity contribution in [3.8, 4) is 0 Å². The van der Waals surface area contributed by atoms with Crippen molar-refractivity contribution in [1.82, 2.24) is 4.90 Å². The minimum absolute atomic E-state index is 0.103. The number of rotatable bonds is 3. The van der Waals surface area contributed by atoms with E-state index >= 15 is 0 Å². The number of amides is 2. The van der Waals surface area contributed by atoms with Crippen LogP contribution in [0.2, 0.25) is 5.02 Å². The molecule has 0 radical (unpaired) electrons. The topological polar surface area (TPSA) is 52.6 Å². The molecule has 1 fully saturated rings. The van der Waals surface area contributed by atoms with E-state index in [0.29, 0.717) is 11.4 Å². The number of benzene rings is 1. The molecule has 1 saturated heterocycles. The molecule has 1 unspecified atom stereocenters. The van der Waals surface area contributed by atoms with Gasteiger partial charge in [0.25, 0.3) is 0 Å². The van der Waals surface area contributed by atoms with Crippen LogP contribution in [-0.4, -0.2) is 35.2 Å². The van der Waals surface area contributed by atoms with Gasteiger partial charge in [-0.1, -0.05) is 17.7 Å². The van der Waals surface area contributed by atoms with Crippen molar-refractivity contribution in [2.75, 3.05) is 18.5 Å². The number of likely N-dealkylation sites (tertiary alicyclic amines) is 1. The van der Waals surface area contributed by atoms with Crippen LogP contribution in [0.25, 0.3) is 0 Å². The minimum Gasteiger partial charge on any atom is -0.396 e. The molecule has 4 nitrogen and oxygen atoms in total. The molecule has 0 aromatic heterocycles. The van der Waals surface area contributed by atoms with E-state index in [1.54, 1.807) is 6.07 Å². The fourth-order valence-electron chi connectivity index (χ4n) is 2.63. The fourth-order valence-corrected chi connectivity index (χ4v) is 2.81. The Balaban J connectivity index is 2.07. The number of aliphatic hydroxyl groups is 1. The first-order chi connectivity index (χ1) is 9.61. The first-order valence-electron chi connectivity index (χ1n) is 7.06. The van der Waals surface area contributed by atoms with Gasteiger partial charge in [-0.3, -0.25) is 0 Å². The predicted molar refractivity (Wildman–Crippen MR) is 81.3 cm³/mol. The molecule has 1 heterocycles. The van der Waals surface area contributed by atoms with Gasteiger partial charge in [0.15, 0.2) is 0 Å². The number of halogens is 1. The molecule has 0 aliphatic carbocycles. The Labute approximate surface area is 124 Å². The van der Waals surface area contributed by atoms with Crippen LogP contribution in [0.15, 0.2) is 18.2 Å². The summed E-state index contributed by atoms with van der Waals surface area (Å²) in [6.45, 7) is 2.80. The van der Waals surface area contributed by atoms with Gasteiger partial charge in [0, 0.05) is 29.9 Å². The maximum Gasteiger partial charge on any atom is 0.322 e. The molecule has 0 spiro atoms. The lowest BCUT2D eigenvalue weighted by atomic mass is 10.00. The summed E-state index contributed by atoms with van der Waals surface area (Å²) >= 11 is 5.97. The number of nitrogens with one attached hydrogen (secondary N) is 1. The Hall–Kier alpha value is -1.26. The van der Waals surface area contributed by atoms with Crippen LogP contribution in [0.3, 0.4) is 0 Å². The summed E-state index contributed by atoms with van der Waals surface area (Å²) < 4.78 is 0. The van der Waals surface area contributed by atoms with Gasteiger partial charge in [-0.2, -0.15) is 0 Å². The standard InChI is InChI=1S/C15H21ClN2O2/c1-11-5-6-12(16)10-14(11)17-15(20)18-8-3-2-4-13(18)7-9-19/h5-6,10,13,19H,2-4,7-9H2,1H3,(H,17,20). The number of aryl methyl sites for hydroxylation is 1. The molecule has 2 rings (SSSR count). The number of hydrogen-bond acceptors (Lipinski definition) is 2. The second-order valence-corrected chi connectivity index (χ2v) is 5.68. The molecule has 0 bridgehead atoms. The van der Waals surface area contributed by atoms with Gasteiger partial charge >= 0.3 is 6.03 Å². The highest BCUT2D eigenvalue weighted by atomic mass is 35.5. The van der Waals surface area contributed by atoms with Crippen LogP contribution in [-0.2, 0) is 0 Å². The number of urea groups is 1. The van der Waals surface area contributed by atoms with Crippen LogP contribution in [0, 0.1) is 6.92 Å². The Bertz CT molecular complexity index is 477. The Morgan fingerprint density at radius 3 is 3.05 bits per heavy atom. The Morgan fingerprint density at radius 1 is 1.50 bits per heavy atom. The lowest BCUT2D eigenvalue weighted by Crippen LogP contribution is -2.46. The summed E-state index contributed by atoms with van der Waals surface area (Å²) in [5.74, 6) is 0. The van der Waals surface area contributed by atoms with Gasteiger partial charge in [-0.25, -0.2) is 4.79 Å². The molecule has 110 valence electrons. The smallest absolute Gasteiger partial charge is 0.322 e. The molecule has 1 aromatic carbocycles. The zero-order chi connectivity index (χ0) is 14.5. The average Bonchev–Trinajstić information content (AvgIpc) is 2.44. The van der Waals surface area contributed by atoms with Crippen molar-refractivity contribution in [3.05, 3.63) is 28.8 Å². The fraction of sp³-hybridized carbons (Fsp3) is 0.533. The van der Waals surface area contributed by atoms with E-state index in [2.05, 4.69) is 5.32 Å². The molecule has 0 saturated carbocycles. The van der Waals surface area contributed by atoms with Gasteiger partial charge in [0.05, 0.1) is 0 Å². The predicted octanol–water partition coefficient (Wildman–Crippen LogP) is 3.42. The molecule has 2 amide bonds. The molecule has 1 atom stereocenters. The summed E-state index contributed by atoms with van der Waals surface area (Å²) in [6, 6.07) is 5.49. The molecule has 2 N–H and O–H groups in total. The van der Waals surface area contributed by atoms with E-state index < -0.39 is 0 Å². The summed E-state index contributed by atoms with van der Waals surface area (Å²) in [6.07, 6.45) is 3.74. The zero-order valence-corrected chi connectivity index (χ0v) is 12.5. The second kappa shape index (κ2) is 6.95. The molecule has 1 aliphatic rings. The Kier molecular flexibility index (Phi) is 5.26. The molecule has 20 heavy (non-hydrogen) atoms. The van der Waals surface area contributed by atoms with Crippen LogP contribution in [0.5, 0.6) is 0 Å². The van der Waals surface area contributed by atoms with Gasteiger partial charge in [0.1, 0.15) is 0 Å². The number of hydrogen-bond donors (Lipinski definition) is 2. The van der Waals surface area contributed by atoms with Crippen molar-refractivity contribution in [1.29, 1.82) is 0 Å². The van der Waals surface area contributed by atoms with E-state index in [-0.39, 0.29) is 18.7 Å². The van der Waals surface area contributed by atoms with Crippen LogP contribution >= 0.6 is 11.6 Å². The van der Waals surface area contributed by atoms with Crippen molar-refractivity contribution in [3.63, 3.8) is 0 Å². The second-order valence-electron chi connectivity index (χ2n) is 5.24. The summed E-state index contributed by atoms with van der Waals surface area (Å²) in [7, 11) is 0. The first-order valence-corrected chi connectivity index (χ1v) is 7.44. The SMILES string of the molecule is Cc1ccc(Cl)cc1NC(=O)N1CCCCC1CCO. The molecular weight excluding hydrogens is 276 g/mol. The van der Waals surface area contributed by atoms with Gasteiger partial charge in [0.2, 0.25) is 0 Å². The number of anilines is 1. The summed E-state index contributed by atoms with van der Waals surface area (Å²) in [4.78, 5) is 14.2. The highest BCUT2D eigenvalue weighted by Crippen LogP contribution is 2.23. The number of carbonyl (C=O) groups is 1. The highest BCUT2D eigenvalue weighted by Gasteiger charge is 2.26. The lowest BCUT2D eigenvalue weighted by molar-refractivity contribution is 0.141. The lowest BCUT2D eigenvalue weighted by Gasteiger charge is -2.35. The minimum atomic E-state index is -0.103. The maximum atomic E-state index is 12.4. The van der Waals surface area contributed by atoms with E-state index in [1.165, 1.54) is 0 Å². The molecular formula is C15H21ClN2O2. The largest absolute Gasteiger partial charge is 0.396 e. The van der Waals surface area contributed by atoms with E-state index in [4.69, 9.17) is 16.7 Å². The molecule has 1 aromatic rings. The maximum absolute atomic E-state index is 12.4. The monoisotopic (exact) mass is 296 g/mol. The van der Waals surface area contributed by atoms with E-state index in [9.17, 15) is 4.79 Å². The van der Waals surface area contributed by atoms with Gasteiger partial charge in [-0.05, 0) is 50.3 Å². The van der Waals surface area contributed by atoms with Crippen LogP contribution < -0.4 is 5.32 Å². The van der Waals surface area contributed by atoms with Crippen LogP contribution in [0.1, 0.15) is 31.2 Å². The summed E-state index contributed by atoms with van der Waals surface area (Å²) in [5.41, 5.74) is 1.73. The average molecular weight is 297 g/mol. The third kappa shape index (κ3) is 3.64. The van der Waals surface area contributed by atoms with Crippen LogP contribution in [0.4, 0.5) is 10.5 Å². The van der Waals surface area contributed by atoms with Gasteiger partial charge < -0.3 is 15.3 Å². The first kappa shape index (κ1) is 15.1. The number of carbonyl (C=O) groups excluding carboxylic acids is 1. The quantitative estimate of drug-likeness (QED) is 0.898. The molecule has 5 heteroatoms. The van der Waals surface area contributed by atoms with E-state index in [1.807, 2.05) is 24.0 Å². The number of nitrogens with zero attached hydrogens (tertiary/aromatic N) is 1. The highest BCUT2D eigenvalue weighted by molar-refractivity contribution is 6.31. The van der Waals surface area contributed by atoms with Gasteiger partial charge in [-0.15, -0.1) is 0 Å². The number of piperidine rings is 1. The van der Waals surface area contributed by atoms with Crippen molar-refractivity contribution in [2.45, 2.75) is 38.6 Å². The third-order valence-electron chi connectivity index (χ3n) is 3.79. The van der Waals surface area contributed by atoms with Crippen molar-refractivity contribution >= 4 is 23.3 Å². The third-order valence-corrected chi connectivity index (χ3v) is 4.03. The molecule has 1 aliphatic heterocycles. The van der Waals surface area contributed by atoms with Crippen molar-refractivity contribution < 1.29 is 9.90 Å². The normalized spacial score (nSPS) is 18.9. The Morgan fingerprint density at radius 2 is 2.30 bits per heavy atom. The number of aliphatic hydroxyl groups excluding tert-OH is 1.